The minimum atomic E-state index is 0.714. The average molecular weight is 273 g/mol. The molecular weight excluding hydrogens is 246 g/mol. The molecule has 2 atom stereocenters. The Balaban J connectivity index is 1.68. The molecule has 20 heavy (non-hydrogen) atoms. The number of piperidine rings is 1. The summed E-state index contributed by atoms with van der Waals surface area (Å²) in [5.74, 6) is 0. The molecule has 3 nitrogen and oxygen atoms in total. The Labute approximate surface area is 123 Å². The lowest BCUT2D eigenvalue weighted by molar-refractivity contribution is 0.00323. The Kier molecular flexibility index (Phi) is 4.37. The van der Waals surface area contributed by atoms with Crippen LogP contribution in [0.25, 0.3) is 0 Å². The highest BCUT2D eigenvalue weighted by Gasteiger charge is 2.33. The number of nitrogens with zero attached hydrogens (tertiary/aromatic N) is 3. The van der Waals surface area contributed by atoms with Gasteiger partial charge in [0.2, 0.25) is 0 Å². The summed E-state index contributed by atoms with van der Waals surface area (Å²) in [6.07, 6.45) is 7.50. The minimum Gasteiger partial charge on any atom is -0.298 e. The molecule has 0 N–H and O–H groups in total. The molecule has 2 unspecified atom stereocenters. The molecule has 2 saturated heterocycles. The quantitative estimate of drug-likeness (QED) is 0.844. The van der Waals surface area contributed by atoms with Crippen molar-refractivity contribution in [3.05, 3.63) is 29.6 Å². The van der Waals surface area contributed by atoms with Crippen molar-refractivity contribution in [3.63, 3.8) is 0 Å². The number of hydrogen-bond donors (Lipinski definition) is 0. The maximum Gasteiger partial charge on any atom is 0.0372 e. The molecule has 3 heterocycles. The highest BCUT2D eigenvalue weighted by atomic mass is 15.3. The fourth-order valence-corrected chi connectivity index (χ4v) is 3.72. The second-order valence-electron chi connectivity index (χ2n) is 6.44. The molecule has 3 rings (SSSR count). The molecule has 2 fully saturated rings. The summed E-state index contributed by atoms with van der Waals surface area (Å²) in [4.78, 5) is 9.87. The van der Waals surface area contributed by atoms with E-state index in [1.807, 2.05) is 0 Å². The van der Waals surface area contributed by atoms with Crippen molar-refractivity contribution < 1.29 is 0 Å². The maximum absolute atomic E-state index is 4.44. The third-order valence-electron chi connectivity index (χ3n) is 4.99. The number of aryl methyl sites for hydroxylation is 1. The summed E-state index contributed by atoms with van der Waals surface area (Å²) < 4.78 is 0. The van der Waals surface area contributed by atoms with Gasteiger partial charge in [-0.15, -0.1) is 0 Å². The van der Waals surface area contributed by atoms with Crippen molar-refractivity contribution in [2.75, 3.05) is 19.6 Å². The first-order valence-corrected chi connectivity index (χ1v) is 8.16. The van der Waals surface area contributed by atoms with Gasteiger partial charge in [-0.25, -0.2) is 0 Å². The van der Waals surface area contributed by atoms with E-state index < -0.39 is 0 Å². The number of aromatic nitrogens is 1. The average Bonchev–Trinajstić information content (AvgIpc) is 2.49. The van der Waals surface area contributed by atoms with E-state index in [1.54, 1.807) is 0 Å². The monoisotopic (exact) mass is 273 g/mol. The second-order valence-corrected chi connectivity index (χ2v) is 6.44. The van der Waals surface area contributed by atoms with E-state index >= 15 is 0 Å². The van der Waals surface area contributed by atoms with Gasteiger partial charge in [0.05, 0.1) is 0 Å². The van der Waals surface area contributed by atoms with Crippen LogP contribution in [0.1, 0.15) is 43.9 Å². The van der Waals surface area contributed by atoms with E-state index in [2.05, 4.69) is 47.0 Å². The van der Waals surface area contributed by atoms with Crippen molar-refractivity contribution in [1.29, 1.82) is 0 Å². The van der Waals surface area contributed by atoms with Gasteiger partial charge in [0.1, 0.15) is 0 Å². The van der Waals surface area contributed by atoms with E-state index in [0.29, 0.717) is 6.04 Å². The molecule has 0 radical (unpaired) electrons. The highest BCUT2D eigenvalue weighted by molar-refractivity contribution is 5.13. The standard InChI is InChI=1S/C17H27N3/c1-3-16-12-19-9-5-4-6-17(19)13-20(16)11-15-8-7-14(2)18-10-15/h7-8,10,16-17H,3-6,9,11-13H2,1-2H3. The van der Waals surface area contributed by atoms with E-state index in [-0.39, 0.29) is 0 Å². The Hall–Kier alpha value is -0.930. The zero-order valence-corrected chi connectivity index (χ0v) is 12.9. The predicted molar refractivity (Wildman–Crippen MR) is 82.7 cm³/mol. The summed E-state index contributed by atoms with van der Waals surface area (Å²) in [6.45, 7) is 9.28. The molecule has 0 spiro atoms. The molecule has 3 heteroatoms. The van der Waals surface area contributed by atoms with Gasteiger partial charge in [-0.2, -0.15) is 0 Å². The van der Waals surface area contributed by atoms with E-state index in [9.17, 15) is 0 Å². The van der Waals surface area contributed by atoms with Gasteiger partial charge in [-0.05, 0) is 44.4 Å². The smallest absolute Gasteiger partial charge is 0.0372 e. The number of rotatable bonds is 3. The molecule has 2 aliphatic rings. The fraction of sp³-hybridized carbons (Fsp3) is 0.706. The second kappa shape index (κ2) is 6.23. The summed E-state index contributed by atoms with van der Waals surface area (Å²) >= 11 is 0. The van der Waals surface area contributed by atoms with Crippen LogP contribution >= 0.6 is 0 Å². The summed E-state index contributed by atoms with van der Waals surface area (Å²) in [5, 5.41) is 0. The normalized spacial score (nSPS) is 28.3. The molecule has 0 bridgehead atoms. The third kappa shape index (κ3) is 3.04. The van der Waals surface area contributed by atoms with Gasteiger partial charge >= 0.3 is 0 Å². The molecule has 0 aliphatic carbocycles. The van der Waals surface area contributed by atoms with Crippen LogP contribution < -0.4 is 0 Å². The van der Waals surface area contributed by atoms with Crippen molar-refractivity contribution in [2.45, 2.75) is 58.2 Å². The number of piperazine rings is 1. The molecule has 0 amide bonds. The Morgan fingerprint density at radius 3 is 2.90 bits per heavy atom. The van der Waals surface area contributed by atoms with Gasteiger partial charge in [0, 0.05) is 43.6 Å². The van der Waals surface area contributed by atoms with Crippen LogP contribution in [-0.4, -0.2) is 46.5 Å². The van der Waals surface area contributed by atoms with Gasteiger partial charge in [-0.1, -0.05) is 19.4 Å². The van der Waals surface area contributed by atoms with Crippen LogP contribution in [0.3, 0.4) is 0 Å². The summed E-state index contributed by atoms with van der Waals surface area (Å²) in [5.41, 5.74) is 2.47. The topological polar surface area (TPSA) is 19.4 Å². The lowest BCUT2D eigenvalue weighted by Crippen LogP contribution is -2.58. The van der Waals surface area contributed by atoms with Gasteiger partial charge in [0.15, 0.2) is 0 Å². The first-order valence-electron chi connectivity index (χ1n) is 8.16. The van der Waals surface area contributed by atoms with Crippen LogP contribution in [0, 0.1) is 6.92 Å². The minimum absolute atomic E-state index is 0.714. The first-order chi connectivity index (χ1) is 9.76. The number of hydrogen-bond acceptors (Lipinski definition) is 3. The lowest BCUT2D eigenvalue weighted by Gasteiger charge is -2.48. The largest absolute Gasteiger partial charge is 0.298 e. The Morgan fingerprint density at radius 2 is 2.15 bits per heavy atom. The van der Waals surface area contributed by atoms with Crippen molar-refractivity contribution in [1.82, 2.24) is 14.8 Å². The van der Waals surface area contributed by atoms with Crippen LogP contribution in [0.5, 0.6) is 0 Å². The zero-order valence-electron chi connectivity index (χ0n) is 12.9. The maximum atomic E-state index is 4.44. The van der Waals surface area contributed by atoms with Gasteiger partial charge in [0.25, 0.3) is 0 Å². The highest BCUT2D eigenvalue weighted by Crippen LogP contribution is 2.26. The van der Waals surface area contributed by atoms with Crippen molar-refractivity contribution in [2.24, 2.45) is 0 Å². The van der Waals surface area contributed by atoms with Crippen molar-refractivity contribution in [3.8, 4) is 0 Å². The van der Waals surface area contributed by atoms with E-state index in [0.717, 1.165) is 18.3 Å². The van der Waals surface area contributed by atoms with Crippen LogP contribution in [0.15, 0.2) is 18.3 Å². The predicted octanol–water partition coefficient (Wildman–Crippen LogP) is 2.84. The number of fused-ring (bicyclic) bond motifs is 1. The molecule has 1 aromatic heterocycles. The first kappa shape index (κ1) is 14.0. The zero-order chi connectivity index (χ0) is 13.9. The fourth-order valence-electron chi connectivity index (χ4n) is 3.72. The van der Waals surface area contributed by atoms with Crippen LogP contribution in [-0.2, 0) is 6.54 Å². The lowest BCUT2D eigenvalue weighted by atomic mass is 9.95. The van der Waals surface area contributed by atoms with Gasteiger partial charge < -0.3 is 0 Å². The van der Waals surface area contributed by atoms with Crippen molar-refractivity contribution >= 4 is 0 Å². The molecule has 110 valence electrons. The molecule has 2 aliphatic heterocycles. The summed E-state index contributed by atoms with van der Waals surface area (Å²) in [6, 6.07) is 5.88. The van der Waals surface area contributed by atoms with Crippen LogP contribution in [0.4, 0.5) is 0 Å². The SMILES string of the molecule is CCC1CN2CCCCC2CN1Cc1ccc(C)nc1. The molecule has 1 aromatic rings. The van der Waals surface area contributed by atoms with Crippen LogP contribution in [0.2, 0.25) is 0 Å². The Bertz CT molecular complexity index is 428. The van der Waals surface area contributed by atoms with Gasteiger partial charge in [-0.3, -0.25) is 14.8 Å². The molecule has 0 aromatic carbocycles. The molecular formula is C17H27N3. The van der Waals surface area contributed by atoms with E-state index in [4.69, 9.17) is 0 Å². The number of pyridine rings is 1. The van der Waals surface area contributed by atoms with E-state index in [1.165, 1.54) is 50.9 Å². The molecule has 0 saturated carbocycles. The Morgan fingerprint density at radius 1 is 1.25 bits per heavy atom. The third-order valence-corrected chi connectivity index (χ3v) is 4.99. The summed E-state index contributed by atoms with van der Waals surface area (Å²) in [7, 11) is 0.